The van der Waals surface area contributed by atoms with Gasteiger partial charge in [-0.1, -0.05) is 6.07 Å². The third kappa shape index (κ3) is 2.69. The van der Waals surface area contributed by atoms with Gasteiger partial charge in [-0.3, -0.25) is 4.98 Å². The molecule has 3 rings (SSSR count). The minimum atomic E-state index is -0.432. The van der Waals surface area contributed by atoms with E-state index in [4.69, 9.17) is 4.74 Å². The lowest BCUT2D eigenvalue weighted by Crippen LogP contribution is -2.02. The van der Waals surface area contributed by atoms with E-state index in [1.54, 1.807) is 18.3 Å². The van der Waals surface area contributed by atoms with E-state index in [9.17, 15) is 4.79 Å². The minimum absolute atomic E-state index is 0.402. The quantitative estimate of drug-likeness (QED) is 0.743. The van der Waals surface area contributed by atoms with Crippen molar-refractivity contribution in [2.24, 2.45) is 0 Å². The van der Waals surface area contributed by atoms with Gasteiger partial charge in [-0.05, 0) is 42.0 Å². The average molecular weight is 295 g/mol. The van der Waals surface area contributed by atoms with Crippen molar-refractivity contribution in [2.45, 2.75) is 6.92 Å². The number of benzene rings is 1. The van der Waals surface area contributed by atoms with Gasteiger partial charge in [0.15, 0.2) is 0 Å². The van der Waals surface area contributed by atoms with E-state index in [2.05, 4.69) is 25.6 Å². The first kappa shape index (κ1) is 13.9. The van der Waals surface area contributed by atoms with Gasteiger partial charge in [-0.15, -0.1) is 10.2 Å². The number of H-pyrrole nitrogens is 1. The molecule has 7 nitrogen and oxygen atoms in total. The number of carbonyl (C=O) groups is 1. The summed E-state index contributed by atoms with van der Waals surface area (Å²) in [5.74, 6) is -0.0298. The van der Waals surface area contributed by atoms with Gasteiger partial charge < -0.3 is 4.74 Å². The van der Waals surface area contributed by atoms with Crippen LogP contribution in [0.5, 0.6) is 0 Å². The normalized spacial score (nSPS) is 10.5. The molecule has 1 aromatic carbocycles. The molecule has 0 radical (unpaired) electrons. The SMILES string of the molecule is COC(=O)c1cc(-c2ccc(C)cn2)cc(-c2nn[nH]n2)c1. The predicted molar refractivity (Wildman–Crippen MR) is 78.9 cm³/mol. The van der Waals surface area contributed by atoms with Crippen molar-refractivity contribution in [3.8, 4) is 22.6 Å². The van der Waals surface area contributed by atoms with Crippen LogP contribution in [0.15, 0.2) is 36.5 Å². The van der Waals surface area contributed by atoms with Crippen LogP contribution in [0.1, 0.15) is 15.9 Å². The van der Waals surface area contributed by atoms with E-state index in [-0.39, 0.29) is 0 Å². The van der Waals surface area contributed by atoms with Crippen LogP contribution < -0.4 is 0 Å². The highest BCUT2D eigenvalue weighted by molar-refractivity contribution is 5.92. The van der Waals surface area contributed by atoms with Crippen LogP contribution in [0.4, 0.5) is 0 Å². The monoisotopic (exact) mass is 295 g/mol. The zero-order valence-corrected chi connectivity index (χ0v) is 12.1. The Morgan fingerprint density at radius 2 is 2.00 bits per heavy atom. The molecule has 0 bridgehead atoms. The summed E-state index contributed by atoms with van der Waals surface area (Å²) in [5.41, 5.74) is 3.66. The number of hydrogen-bond donors (Lipinski definition) is 1. The van der Waals surface area contributed by atoms with E-state index >= 15 is 0 Å². The molecule has 0 unspecified atom stereocenters. The zero-order valence-electron chi connectivity index (χ0n) is 12.1. The highest BCUT2D eigenvalue weighted by Gasteiger charge is 2.13. The number of ether oxygens (including phenoxy) is 1. The molecule has 2 aromatic heterocycles. The van der Waals surface area contributed by atoms with Crippen LogP contribution >= 0.6 is 0 Å². The second-order valence-electron chi connectivity index (χ2n) is 4.75. The molecule has 0 saturated heterocycles. The van der Waals surface area contributed by atoms with Crippen LogP contribution in [0.3, 0.4) is 0 Å². The molecule has 0 fully saturated rings. The lowest BCUT2D eigenvalue weighted by molar-refractivity contribution is 0.0601. The molecular formula is C15H13N5O2. The molecule has 1 N–H and O–H groups in total. The van der Waals surface area contributed by atoms with Crippen molar-refractivity contribution in [2.75, 3.05) is 7.11 Å². The standard InChI is InChI=1S/C15H13N5O2/c1-9-3-4-13(16-8-9)10-5-11(14-17-19-20-18-14)7-12(6-10)15(21)22-2/h3-8H,1-2H3,(H,17,18,19,20). The van der Waals surface area contributed by atoms with E-state index in [0.29, 0.717) is 17.0 Å². The first-order chi connectivity index (χ1) is 10.7. The van der Waals surface area contributed by atoms with Crippen molar-refractivity contribution in [3.63, 3.8) is 0 Å². The summed E-state index contributed by atoms with van der Waals surface area (Å²) in [5, 5.41) is 13.8. The van der Waals surface area contributed by atoms with Gasteiger partial charge in [0.2, 0.25) is 5.82 Å². The third-order valence-corrected chi connectivity index (χ3v) is 3.16. The lowest BCUT2D eigenvalue weighted by atomic mass is 10.0. The number of tetrazole rings is 1. The van der Waals surface area contributed by atoms with E-state index in [0.717, 1.165) is 16.8 Å². The predicted octanol–water partition coefficient (Wildman–Crippen LogP) is 2.02. The van der Waals surface area contributed by atoms with Gasteiger partial charge in [0.25, 0.3) is 0 Å². The van der Waals surface area contributed by atoms with Crippen LogP contribution in [0, 0.1) is 6.92 Å². The number of pyridine rings is 1. The smallest absolute Gasteiger partial charge is 0.337 e. The number of rotatable bonds is 3. The molecule has 3 aromatic rings. The first-order valence-electron chi connectivity index (χ1n) is 6.57. The third-order valence-electron chi connectivity index (χ3n) is 3.16. The zero-order chi connectivity index (χ0) is 15.5. The molecule has 0 amide bonds. The molecule has 0 aliphatic rings. The molecule has 0 spiro atoms. The Bertz CT molecular complexity index is 797. The van der Waals surface area contributed by atoms with Gasteiger partial charge in [-0.2, -0.15) is 5.21 Å². The molecule has 2 heterocycles. The van der Waals surface area contributed by atoms with Gasteiger partial charge in [0, 0.05) is 17.3 Å². The van der Waals surface area contributed by atoms with E-state index in [1.165, 1.54) is 7.11 Å². The molecule has 0 saturated carbocycles. The van der Waals surface area contributed by atoms with Crippen LogP contribution in [-0.4, -0.2) is 38.7 Å². The fourth-order valence-electron chi connectivity index (χ4n) is 2.06. The maximum absolute atomic E-state index is 11.9. The topological polar surface area (TPSA) is 93.6 Å². The summed E-state index contributed by atoms with van der Waals surface area (Å²) >= 11 is 0. The molecule has 0 aliphatic heterocycles. The molecule has 0 aliphatic carbocycles. The number of nitrogens with zero attached hydrogens (tertiary/aromatic N) is 4. The summed E-state index contributed by atoms with van der Waals surface area (Å²) in [7, 11) is 1.34. The molecule has 22 heavy (non-hydrogen) atoms. The summed E-state index contributed by atoms with van der Waals surface area (Å²) in [6.45, 7) is 1.96. The summed E-state index contributed by atoms with van der Waals surface area (Å²) < 4.78 is 4.80. The van der Waals surface area contributed by atoms with Crippen LogP contribution in [0.25, 0.3) is 22.6 Å². The van der Waals surface area contributed by atoms with E-state index in [1.807, 2.05) is 25.1 Å². The molecule has 110 valence electrons. The minimum Gasteiger partial charge on any atom is -0.465 e. The van der Waals surface area contributed by atoms with Gasteiger partial charge in [0.1, 0.15) is 0 Å². The molecule has 0 atom stereocenters. The fourth-order valence-corrected chi connectivity index (χ4v) is 2.06. The highest BCUT2D eigenvalue weighted by atomic mass is 16.5. The second-order valence-corrected chi connectivity index (χ2v) is 4.75. The van der Waals surface area contributed by atoms with Crippen molar-refractivity contribution in [1.82, 2.24) is 25.6 Å². The van der Waals surface area contributed by atoms with E-state index < -0.39 is 5.97 Å². The number of nitrogens with one attached hydrogen (secondary N) is 1. The maximum Gasteiger partial charge on any atom is 0.337 e. The van der Waals surface area contributed by atoms with Crippen molar-refractivity contribution >= 4 is 5.97 Å². The number of methoxy groups -OCH3 is 1. The highest BCUT2D eigenvalue weighted by Crippen LogP contribution is 2.25. The summed E-state index contributed by atoms with van der Waals surface area (Å²) in [6, 6.07) is 9.10. The van der Waals surface area contributed by atoms with Crippen molar-refractivity contribution in [1.29, 1.82) is 0 Å². The Labute approximate surface area is 126 Å². The Balaban J connectivity index is 2.14. The Morgan fingerprint density at radius 1 is 1.18 bits per heavy atom. The number of aryl methyl sites for hydroxylation is 1. The van der Waals surface area contributed by atoms with Crippen LogP contribution in [0.2, 0.25) is 0 Å². The Morgan fingerprint density at radius 3 is 2.64 bits per heavy atom. The number of aromatic nitrogens is 5. The summed E-state index contributed by atoms with van der Waals surface area (Å²) in [6.07, 6.45) is 1.77. The van der Waals surface area contributed by atoms with Gasteiger partial charge in [-0.25, -0.2) is 4.79 Å². The fraction of sp³-hybridized carbons (Fsp3) is 0.133. The number of carbonyl (C=O) groups excluding carboxylic acids is 1. The van der Waals surface area contributed by atoms with Crippen molar-refractivity contribution < 1.29 is 9.53 Å². The van der Waals surface area contributed by atoms with Crippen LogP contribution in [-0.2, 0) is 4.74 Å². The first-order valence-corrected chi connectivity index (χ1v) is 6.57. The van der Waals surface area contributed by atoms with Gasteiger partial charge in [0.05, 0.1) is 18.4 Å². The Kier molecular flexibility index (Phi) is 3.61. The van der Waals surface area contributed by atoms with Crippen molar-refractivity contribution in [3.05, 3.63) is 47.7 Å². The molecule has 7 heteroatoms. The molecular weight excluding hydrogens is 282 g/mol. The van der Waals surface area contributed by atoms with Gasteiger partial charge >= 0.3 is 5.97 Å². The average Bonchev–Trinajstić information content (AvgIpc) is 3.09. The number of hydrogen-bond acceptors (Lipinski definition) is 6. The second kappa shape index (κ2) is 5.72. The summed E-state index contributed by atoms with van der Waals surface area (Å²) in [4.78, 5) is 16.2. The maximum atomic E-state index is 11.9. The number of esters is 1. The largest absolute Gasteiger partial charge is 0.465 e. The number of aromatic amines is 1. The Hall–Kier alpha value is -3.09. The lowest BCUT2D eigenvalue weighted by Gasteiger charge is -2.07.